The minimum absolute atomic E-state index is 0.161. The lowest BCUT2D eigenvalue weighted by Crippen LogP contribution is -2.41. The summed E-state index contributed by atoms with van der Waals surface area (Å²) in [5.41, 5.74) is 2.33. The Balaban J connectivity index is 1.47. The van der Waals surface area contributed by atoms with E-state index in [2.05, 4.69) is 27.8 Å². The number of aromatic nitrogens is 4. The van der Waals surface area contributed by atoms with Crippen LogP contribution in [0.1, 0.15) is 46.5 Å². The van der Waals surface area contributed by atoms with Crippen molar-refractivity contribution in [3.8, 4) is 11.3 Å². The van der Waals surface area contributed by atoms with E-state index in [-0.39, 0.29) is 12.1 Å². The maximum absolute atomic E-state index is 12.1. The quantitative estimate of drug-likeness (QED) is 0.606. The van der Waals surface area contributed by atoms with Gasteiger partial charge in [0.25, 0.3) is 0 Å². The molecule has 1 fully saturated rings. The smallest absolute Gasteiger partial charge is 0.407 e. The Labute approximate surface area is 188 Å². The molecule has 1 amide bonds. The van der Waals surface area contributed by atoms with Crippen molar-refractivity contribution < 1.29 is 9.53 Å². The number of alkyl carbamates (subject to hydrolysis) is 1. The number of hydrogen-bond acceptors (Lipinski definition) is 6. The minimum Gasteiger partial charge on any atom is -0.444 e. The van der Waals surface area contributed by atoms with Gasteiger partial charge in [-0.15, -0.1) is 0 Å². The number of carbonyl (C=O) groups is 1. The van der Waals surface area contributed by atoms with Gasteiger partial charge in [-0.1, -0.05) is 30.3 Å². The van der Waals surface area contributed by atoms with E-state index in [0.29, 0.717) is 11.9 Å². The largest absolute Gasteiger partial charge is 0.444 e. The van der Waals surface area contributed by atoms with Crippen LogP contribution in [0.5, 0.6) is 0 Å². The van der Waals surface area contributed by atoms with Crippen molar-refractivity contribution in [2.24, 2.45) is 5.92 Å². The van der Waals surface area contributed by atoms with Gasteiger partial charge in [0, 0.05) is 31.4 Å². The number of carbonyl (C=O) groups excluding carboxylic acids is 1. The normalized spacial score (nSPS) is 19.0. The highest BCUT2D eigenvalue weighted by molar-refractivity contribution is 5.91. The first-order valence-corrected chi connectivity index (χ1v) is 11.3. The van der Waals surface area contributed by atoms with Crippen LogP contribution < -0.4 is 10.6 Å². The number of ether oxygens (including phenoxy) is 1. The van der Waals surface area contributed by atoms with Gasteiger partial charge in [-0.25, -0.2) is 14.5 Å². The van der Waals surface area contributed by atoms with E-state index in [0.717, 1.165) is 54.5 Å². The summed E-state index contributed by atoms with van der Waals surface area (Å²) in [6, 6.07) is 10.3. The van der Waals surface area contributed by atoms with Gasteiger partial charge in [0.05, 0.1) is 5.39 Å². The molecule has 0 saturated heterocycles. The van der Waals surface area contributed by atoms with E-state index in [1.807, 2.05) is 56.9 Å². The SMILES string of the molecule is CNc1ncc2c(-c3ccccc3)nn(C[C@H]3CC[C@H](NC(=O)OC(C)(C)C)CC3)c2n1. The van der Waals surface area contributed by atoms with Crippen molar-refractivity contribution in [1.29, 1.82) is 0 Å². The summed E-state index contributed by atoms with van der Waals surface area (Å²) in [5, 5.41) is 11.9. The van der Waals surface area contributed by atoms with E-state index >= 15 is 0 Å². The van der Waals surface area contributed by atoms with Gasteiger partial charge >= 0.3 is 6.09 Å². The maximum Gasteiger partial charge on any atom is 0.407 e. The molecule has 0 radical (unpaired) electrons. The summed E-state index contributed by atoms with van der Waals surface area (Å²) < 4.78 is 7.41. The second-order valence-corrected chi connectivity index (χ2v) is 9.44. The number of anilines is 1. The molecule has 32 heavy (non-hydrogen) atoms. The number of amides is 1. The van der Waals surface area contributed by atoms with E-state index < -0.39 is 5.60 Å². The zero-order valence-corrected chi connectivity index (χ0v) is 19.3. The molecule has 0 aliphatic heterocycles. The predicted molar refractivity (Wildman–Crippen MR) is 125 cm³/mol. The van der Waals surface area contributed by atoms with Crippen molar-refractivity contribution in [2.45, 2.75) is 64.6 Å². The fourth-order valence-electron chi connectivity index (χ4n) is 4.22. The molecule has 2 heterocycles. The van der Waals surface area contributed by atoms with Gasteiger partial charge in [-0.2, -0.15) is 10.1 Å². The molecule has 2 N–H and O–H groups in total. The zero-order valence-electron chi connectivity index (χ0n) is 19.3. The Hall–Kier alpha value is -3.16. The molecule has 2 aromatic heterocycles. The zero-order chi connectivity index (χ0) is 22.7. The molecule has 170 valence electrons. The molecule has 1 aromatic carbocycles. The van der Waals surface area contributed by atoms with E-state index in [1.54, 1.807) is 0 Å². The van der Waals surface area contributed by atoms with Crippen LogP contribution in [0, 0.1) is 5.92 Å². The van der Waals surface area contributed by atoms with Crippen molar-refractivity contribution in [2.75, 3.05) is 12.4 Å². The number of fused-ring (bicyclic) bond motifs is 1. The molecular weight excluding hydrogens is 404 g/mol. The number of nitrogens with zero attached hydrogens (tertiary/aromatic N) is 4. The third-order valence-electron chi connectivity index (χ3n) is 5.76. The Kier molecular flexibility index (Phi) is 6.30. The van der Waals surface area contributed by atoms with Crippen molar-refractivity contribution in [3.05, 3.63) is 36.5 Å². The van der Waals surface area contributed by atoms with Gasteiger partial charge < -0.3 is 15.4 Å². The second kappa shape index (κ2) is 9.14. The van der Waals surface area contributed by atoms with E-state index in [1.165, 1.54) is 0 Å². The number of rotatable bonds is 5. The monoisotopic (exact) mass is 436 g/mol. The molecule has 8 nitrogen and oxygen atoms in total. The predicted octanol–water partition coefficient (Wildman–Crippen LogP) is 4.62. The van der Waals surface area contributed by atoms with Crippen LogP contribution in [-0.4, -0.2) is 44.5 Å². The summed E-state index contributed by atoms with van der Waals surface area (Å²) in [5.74, 6) is 1.06. The highest BCUT2D eigenvalue weighted by Crippen LogP contribution is 2.30. The Morgan fingerprint density at radius 2 is 1.88 bits per heavy atom. The standard InChI is InChI=1S/C24H32N6O2/c1-24(2,3)32-23(31)27-18-12-10-16(11-13-18)15-30-21-19(14-26-22(25-4)28-21)20(29-30)17-8-6-5-7-9-17/h5-9,14,16,18H,10-13,15H2,1-4H3,(H,27,31)(H,25,26,28)/t16-,18-. The lowest BCUT2D eigenvalue weighted by Gasteiger charge is -2.30. The van der Waals surface area contributed by atoms with Crippen molar-refractivity contribution in [1.82, 2.24) is 25.1 Å². The molecule has 3 aromatic rings. The molecule has 0 unspecified atom stereocenters. The van der Waals surface area contributed by atoms with Crippen molar-refractivity contribution in [3.63, 3.8) is 0 Å². The third-order valence-corrected chi connectivity index (χ3v) is 5.76. The highest BCUT2D eigenvalue weighted by Gasteiger charge is 2.26. The summed E-state index contributed by atoms with van der Waals surface area (Å²) >= 11 is 0. The lowest BCUT2D eigenvalue weighted by atomic mass is 9.86. The average molecular weight is 437 g/mol. The summed E-state index contributed by atoms with van der Waals surface area (Å²) in [6.45, 7) is 6.43. The highest BCUT2D eigenvalue weighted by atomic mass is 16.6. The van der Waals surface area contributed by atoms with Crippen LogP contribution in [-0.2, 0) is 11.3 Å². The van der Waals surface area contributed by atoms with E-state index in [9.17, 15) is 4.79 Å². The number of nitrogens with one attached hydrogen (secondary N) is 2. The van der Waals surface area contributed by atoms with Crippen LogP contribution >= 0.6 is 0 Å². The molecule has 0 bridgehead atoms. The molecule has 8 heteroatoms. The lowest BCUT2D eigenvalue weighted by molar-refractivity contribution is 0.0486. The van der Waals surface area contributed by atoms with Crippen molar-refractivity contribution >= 4 is 23.1 Å². The van der Waals surface area contributed by atoms with Gasteiger partial charge in [0.15, 0.2) is 5.65 Å². The molecular formula is C24H32N6O2. The van der Waals surface area contributed by atoms with Gasteiger partial charge in [-0.05, 0) is 52.4 Å². The molecule has 1 saturated carbocycles. The number of benzene rings is 1. The molecule has 1 aliphatic carbocycles. The first kappa shape index (κ1) is 22.0. The summed E-state index contributed by atoms with van der Waals surface area (Å²) in [6.07, 6.45) is 5.43. The first-order valence-electron chi connectivity index (χ1n) is 11.3. The molecule has 4 rings (SSSR count). The molecule has 0 atom stereocenters. The average Bonchev–Trinajstić information content (AvgIpc) is 3.12. The van der Waals surface area contributed by atoms with Crippen LogP contribution in [0.3, 0.4) is 0 Å². The van der Waals surface area contributed by atoms with Gasteiger partial charge in [-0.3, -0.25) is 0 Å². The Bertz CT molecular complexity index is 1070. The van der Waals surface area contributed by atoms with Crippen LogP contribution in [0.2, 0.25) is 0 Å². The van der Waals surface area contributed by atoms with Crippen LogP contribution in [0.25, 0.3) is 22.3 Å². The summed E-state index contributed by atoms with van der Waals surface area (Å²) in [4.78, 5) is 21.2. The van der Waals surface area contributed by atoms with Gasteiger partial charge in [0.1, 0.15) is 11.3 Å². The Morgan fingerprint density at radius 3 is 2.53 bits per heavy atom. The van der Waals surface area contributed by atoms with Crippen LogP contribution in [0.15, 0.2) is 36.5 Å². The fraction of sp³-hybridized carbons (Fsp3) is 0.500. The third kappa shape index (κ3) is 5.18. The Morgan fingerprint density at radius 1 is 1.16 bits per heavy atom. The molecule has 1 aliphatic rings. The first-order chi connectivity index (χ1) is 15.3. The summed E-state index contributed by atoms with van der Waals surface area (Å²) in [7, 11) is 1.82. The van der Waals surface area contributed by atoms with Gasteiger partial charge in [0.2, 0.25) is 5.95 Å². The number of hydrogen-bond donors (Lipinski definition) is 2. The van der Waals surface area contributed by atoms with Crippen LogP contribution in [0.4, 0.5) is 10.7 Å². The fourth-order valence-corrected chi connectivity index (χ4v) is 4.22. The minimum atomic E-state index is -0.479. The second-order valence-electron chi connectivity index (χ2n) is 9.44. The molecule has 0 spiro atoms. The van der Waals surface area contributed by atoms with E-state index in [4.69, 9.17) is 14.8 Å². The topological polar surface area (TPSA) is 94.0 Å². The maximum atomic E-state index is 12.1.